The molecule has 0 heterocycles. The van der Waals surface area contributed by atoms with Crippen LogP contribution in [0.2, 0.25) is 0 Å². The molecule has 0 saturated carbocycles. The minimum absolute atomic E-state index is 0.194. The lowest BCUT2D eigenvalue weighted by molar-refractivity contribution is -0.395. The first kappa shape index (κ1) is 23.7. The Labute approximate surface area is 180 Å². The molecular formula is C19H18N4O9. The van der Waals surface area contributed by atoms with Gasteiger partial charge in [0.05, 0.1) is 22.0 Å². The number of hydrogen-bond donors (Lipinski definition) is 2. The highest BCUT2D eigenvalue weighted by Crippen LogP contribution is 2.38. The van der Waals surface area contributed by atoms with Crippen molar-refractivity contribution in [3.63, 3.8) is 0 Å². The van der Waals surface area contributed by atoms with E-state index in [2.05, 4.69) is 15.4 Å². The number of carbonyl (C=O) groups is 3. The van der Waals surface area contributed by atoms with Crippen molar-refractivity contribution in [1.82, 2.24) is 0 Å². The maximum Gasteiger partial charge on any atom is 0.411 e. The largest absolute Gasteiger partial charge is 0.449 e. The number of unbranched alkanes of at least 4 members (excludes halogenated alkanes) is 1. The number of benzene rings is 2. The number of anilines is 2. The van der Waals surface area contributed by atoms with Gasteiger partial charge in [-0.25, -0.2) is 4.79 Å². The lowest BCUT2D eigenvalue weighted by Crippen LogP contribution is -2.15. The Balaban J connectivity index is 2.25. The second-order valence-corrected chi connectivity index (χ2v) is 6.22. The fourth-order valence-corrected chi connectivity index (χ4v) is 2.51. The molecule has 0 aliphatic carbocycles. The van der Waals surface area contributed by atoms with Crippen molar-refractivity contribution in [3.8, 4) is 5.75 Å². The molecular weight excluding hydrogens is 428 g/mol. The first-order valence-corrected chi connectivity index (χ1v) is 9.19. The molecule has 2 aromatic carbocycles. The van der Waals surface area contributed by atoms with E-state index in [1.54, 1.807) is 0 Å². The fourth-order valence-electron chi connectivity index (χ4n) is 2.51. The zero-order valence-corrected chi connectivity index (χ0v) is 16.7. The molecule has 0 bridgehead atoms. The highest BCUT2D eigenvalue weighted by Gasteiger charge is 2.30. The van der Waals surface area contributed by atoms with Crippen LogP contribution in [0.3, 0.4) is 0 Å². The van der Waals surface area contributed by atoms with Crippen LogP contribution >= 0.6 is 0 Å². The molecule has 0 saturated heterocycles. The van der Waals surface area contributed by atoms with E-state index < -0.39 is 44.5 Å². The average Bonchev–Trinajstić information content (AvgIpc) is 2.74. The Hall–Kier alpha value is -4.55. The molecule has 0 aliphatic heterocycles. The molecule has 0 aliphatic rings. The number of hydrogen-bond acceptors (Lipinski definition) is 9. The maximum atomic E-state index is 12.6. The van der Waals surface area contributed by atoms with Gasteiger partial charge in [-0.15, -0.1) is 0 Å². The molecule has 0 spiro atoms. The highest BCUT2D eigenvalue weighted by atomic mass is 16.6. The van der Waals surface area contributed by atoms with Crippen molar-refractivity contribution in [2.45, 2.75) is 19.8 Å². The van der Waals surface area contributed by atoms with Crippen LogP contribution in [0.1, 0.15) is 30.1 Å². The van der Waals surface area contributed by atoms with E-state index in [1.165, 1.54) is 24.3 Å². The van der Waals surface area contributed by atoms with Crippen LogP contribution in [0.25, 0.3) is 0 Å². The van der Waals surface area contributed by atoms with Gasteiger partial charge in [-0.1, -0.05) is 19.4 Å². The lowest BCUT2D eigenvalue weighted by Gasteiger charge is -2.10. The molecule has 0 aromatic heterocycles. The molecule has 2 rings (SSSR count). The number of ether oxygens (including phenoxy) is 2. The third kappa shape index (κ3) is 6.22. The Morgan fingerprint density at radius 2 is 1.62 bits per heavy atom. The molecule has 2 aromatic rings. The van der Waals surface area contributed by atoms with Crippen molar-refractivity contribution in [2.75, 3.05) is 17.2 Å². The number of nitrogens with one attached hydrogen (secondary N) is 2. The predicted octanol–water partition coefficient (Wildman–Crippen LogP) is 3.64. The summed E-state index contributed by atoms with van der Waals surface area (Å²) in [7, 11) is 0. The normalized spacial score (nSPS) is 10.0. The van der Waals surface area contributed by atoms with E-state index in [0.29, 0.717) is 12.1 Å². The van der Waals surface area contributed by atoms with Crippen molar-refractivity contribution in [2.24, 2.45) is 0 Å². The summed E-state index contributed by atoms with van der Waals surface area (Å²) in [5, 5.41) is 27.4. The van der Waals surface area contributed by atoms with Crippen molar-refractivity contribution >= 4 is 41.2 Å². The van der Waals surface area contributed by atoms with Gasteiger partial charge in [-0.05, 0) is 24.6 Å². The number of carbonyl (C=O) groups excluding carboxylic acids is 3. The van der Waals surface area contributed by atoms with Gasteiger partial charge in [0.15, 0.2) is 0 Å². The Kier molecular flexibility index (Phi) is 8.16. The van der Waals surface area contributed by atoms with Crippen LogP contribution in [-0.2, 0) is 9.53 Å². The van der Waals surface area contributed by atoms with Crippen LogP contribution < -0.4 is 15.4 Å². The van der Waals surface area contributed by atoms with Crippen molar-refractivity contribution in [1.29, 1.82) is 0 Å². The Morgan fingerprint density at radius 1 is 1.03 bits per heavy atom. The van der Waals surface area contributed by atoms with E-state index in [1.807, 2.05) is 6.92 Å². The van der Waals surface area contributed by atoms with Crippen LogP contribution in [0.4, 0.5) is 27.5 Å². The number of nitro groups is 2. The minimum Gasteiger partial charge on any atom is -0.449 e. The molecule has 32 heavy (non-hydrogen) atoms. The smallest absolute Gasteiger partial charge is 0.411 e. The summed E-state index contributed by atoms with van der Waals surface area (Å²) in [5.74, 6) is -1.80. The number of rotatable bonds is 10. The zero-order valence-electron chi connectivity index (χ0n) is 16.7. The Morgan fingerprint density at radius 3 is 2.16 bits per heavy atom. The second kappa shape index (κ2) is 11.0. The van der Waals surface area contributed by atoms with Gasteiger partial charge in [0.25, 0.3) is 18.1 Å². The summed E-state index contributed by atoms with van der Waals surface area (Å²) in [4.78, 5) is 55.4. The SMILES string of the molecule is CCCCOC(=O)Nc1cccc(NC(=O)c2cc([N+](=O)[O-])c(OC=O)c([N+](=O)[O-])c2)c1. The van der Waals surface area contributed by atoms with Gasteiger partial charge < -0.3 is 14.8 Å². The van der Waals surface area contributed by atoms with Crippen molar-refractivity contribution < 1.29 is 33.7 Å². The van der Waals surface area contributed by atoms with E-state index in [9.17, 15) is 34.6 Å². The average molecular weight is 446 g/mol. The first-order valence-electron chi connectivity index (χ1n) is 9.19. The van der Waals surface area contributed by atoms with E-state index in [-0.39, 0.29) is 18.8 Å². The monoisotopic (exact) mass is 446 g/mol. The lowest BCUT2D eigenvalue weighted by atomic mass is 10.1. The van der Waals surface area contributed by atoms with E-state index >= 15 is 0 Å². The van der Waals surface area contributed by atoms with Gasteiger partial charge >= 0.3 is 17.5 Å². The third-order valence-corrected chi connectivity index (χ3v) is 3.97. The minimum atomic E-state index is -1.02. The summed E-state index contributed by atoms with van der Waals surface area (Å²) in [6.07, 6.45) is 0.880. The summed E-state index contributed by atoms with van der Waals surface area (Å²) in [6, 6.07) is 7.41. The molecule has 0 unspecified atom stereocenters. The number of nitrogens with zero attached hydrogens (tertiary/aromatic N) is 2. The molecule has 0 atom stereocenters. The zero-order chi connectivity index (χ0) is 23.7. The first-order chi connectivity index (χ1) is 15.3. The number of nitro benzene ring substituents is 2. The van der Waals surface area contributed by atoms with Crippen LogP contribution in [-0.4, -0.2) is 34.9 Å². The molecule has 13 heteroatoms. The molecule has 0 radical (unpaired) electrons. The van der Waals surface area contributed by atoms with Gasteiger partial charge in [0.1, 0.15) is 0 Å². The van der Waals surface area contributed by atoms with Gasteiger partial charge in [-0.3, -0.25) is 35.1 Å². The van der Waals surface area contributed by atoms with Crippen LogP contribution in [0, 0.1) is 20.2 Å². The topological polar surface area (TPSA) is 180 Å². The van der Waals surface area contributed by atoms with Crippen molar-refractivity contribution in [3.05, 3.63) is 62.2 Å². The van der Waals surface area contributed by atoms with Crippen LogP contribution in [0.5, 0.6) is 5.75 Å². The summed E-state index contributed by atoms with van der Waals surface area (Å²) >= 11 is 0. The second-order valence-electron chi connectivity index (χ2n) is 6.22. The highest BCUT2D eigenvalue weighted by molar-refractivity contribution is 6.06. The summed E-state index contributed by atoms with van der Waals surface area (Å²) < 4.78 is 9.36. The molecule has 168 valence electrons. The van der Waals surface area contributed by atoms with Crippen LogP contribution in [0.15, 0.2) is 36.4 Å². The quantitative estimate of drug-likeness (QED) is 0.238. The molecule has 2 amide bonds. The maximum absolute atomic E-state index is 12.6. The van der Waals surface area contributed by atoms with Gasteiger partial charge in [-0.2, -0.15) is 0 Å². The molecule has 2 N–H and O–H groups in total. The predicted molar refractivity (Wildman–Crippen MR) is 111 cm³/mol. The van der Waals surface area contributed by atoms with E-state index in [0.717, 1.165) is 18.6 Å². The number of amides is 2. The van der Waals surface area contributed by atoms with Gasteiger partial charge in [0.2, 0.25) is 0 Å². The summed E-state index contributed by atoms with van der Waals surface area (Å²) in [5.41, 5.74) is -1.78. The van der Waals surface area contributed by atoms with Gasteiger partial charge in [0, 0.05) is 23.5 Å². The fraction of sp³-hybridized carbons (Fsp3) is 0.211. The molecule has 13 nitrogen and oxygen atoms in total. The van der Waals surface area contributed by atoms with E-state index in [4.69, 9.17) is 4.74 Å². The Bertz CT molecular complexity index is 1020. The summed E-state index contributed by atoms with van der Waals surface area (Å²) in [6.45, 7) is 2.00. The third-order valence-electron chi connectivity index (χ3n) is 3.97. The standard InChI is InChI=1S/C19H18N4O9/c1-2-3-7-31-19(26)21-14-6-4-5-13(10-14)20-18(25)12-8-15(22(27)28)17(32-11-24)16(9-12)23(29)30/h4-6,8-11H,2-3,7H2,1H3,(H,20,25)(H,21,26). The molecule has 0 fully saturated rings.